The summed E-state index contributed by atoms with van der Waals surface area (Å²) in [5.41, 5.74) is 0. The molecule has 1 atom stereocenters. The van der Waals surface area contributed by atoms with E-state index in [1.807, 2.05) is 0 Å². The molecule has 0 fully saturated rings. The zero-order valence-corrected chi connectivity index (χ0v) is 44.9. The van der Waals surface area contributed by atoms with Crippen molar-refractivity contribution in [2.75, 3.05) is 13.2 Å². The number of esters is 3. The predicted octanol–water partition coefficient (Wildman–Crippen LogP) is 19.4. The lowest BCUT2D eigenvalue weighted by molar-refractivity contribution is -0.167. The SMILES string of the molecule is CC/C=C\C/C=C\C/C=C\C/C=C\C/C=C\C/C=C\CCCCC(=O)OC(COC(=O)CCCCCCCC)COC(=O)CCCCCCCCCCCCCCCCCCCCCCCCC. The summed E-state index contributed by atoms with van der Waals surface area (Å²) >= 11 is 0. The number of rotatable bonds is 52. The summed E-state index contributed by atoms with van der Waals surface area (Å²) < 4.78 is 16.7. The van der Waals surface area contributed by atoms with E-state index >= 15 is 0 Å². The van der Waals surface area contributed by atoms with Gasteiger partial charge in [-0.05, 0) is 70.6 Å². The van der Waals surface area contributed by atoms with E-state index in [0.717, 1.165) is 89.9 Å². The summed E-state index contributed by atoms with van der Waals surface area (Å²) in [5, 5.41) is 0. The Kier molecular flexibility index (Phi) is 53.8. The smallest absolute Gasteiger partial charge is 0.306 e. The van der Waals surface area contributed by atoms with E-state index in [0.29, 0.717) is 19.3 Å². The van der Waals surface area contributed by atoms with Gasteiger partial charge >= 0.3 is 17.9 Å². The molecular formula is C62H108O6. The van der Waals surface area contributed by atoms with E-state index in [1.54, 1.807) is 0 Å². The third kappa shape index (κ3) is 53.8. The number of hydrogen-bond acceptors (Lipinski definition) is 6. The molecule has 0 bridgehead atoms. The van der Waals surface area contributed by atoms with Crippen molar-refractivity contribution >= 4 is 17.9 Å². The molecule has 1 unspecified atom stereocenters. The van der Waals surface area contributed by atoms with Crippen LogP contribution in [0.5, 0.6) is 0 Å². The molecule has 6 heteroatoms. The summed E-state index contributed by atoms with van der Waals surface area (Å²) in [5.74, 6) is -0.936. The topological polar surface area (TPSA) is 78.9 Å². The Labute approximate surface area is 421 Å². The molecule has 0 aliphatic heterocycles. The highest BCUT2D eigenvalue weighted by Crippen LogP contribution is 2.16. The Hall–Kier alpha value is -3.15. The molecule has 0 spiro atoms. The maximum Gasteiger partial charge on any atom is 0.306 e. The zero-order chi connectivity index (χ0) is 49.3. The minimum Gasteiger partial charge on any atom is -0.462 e. The van der Waals surface area contributed by atoms with Gasteiger partial charge in [-0.25, -0.2) is 0 Å². The van der Waals surface area contributed by atoms with Gasteiger partial charge in [0.2, 0.25) is 0 Å². The Morgan fingerprint density at radius 1 is 0.309 bits per heavy atom. The largest absolute Gasteiger partial charge is 0.462 e. The van der Waals surface area contributed by atoms with Crippen molar-refractivity contribution in [3.05, 3.63) is 72.9 Å². The molecule has 0 saturated carbocycles. The summed E-state index contributed by atoms with van der Waals surface area (Å²) in [6.07, 6.45) is 72.2. The lowest BCUT2D eigenvalue weighted by Crippen LogP contribution is -2.30. The normalized spacial score (nSPS) is 12.6. The van der Waals surface area contributed by atoms with Crippen LogP contribution in [0.4, 0.5) is 0 Å². The van der Waals surface area contributed by atoms with Gasteiger partial charge in [-0.2, -0.15) is 0 Å². The molecule has 0 aliphatic rings. The van der Waals surface area contributed by atoms with Crippen molar-refractivity contribution in [2.24, 2.45) is 0 Å². The second kappa shape index (κ2) is 56.4. The second-order valence-corrected chi connectivity index (χ2v) is 19.2. The number of hydrogen-bond donors (Lipinski definition) is 0. The second-order valence-electron chi connectivity index (χ2n) is 19.2. The van der Waals surface area contributed by atoms with Crippen molar-refractivity contribution in [1.82, 2.24) is 0 Å². The zero-order valence-electron chi connectivity index (χ0n) is 44.9. The summed E-state index contributed by atoms with van der Waals surface area (Å²) in [7, 11) is 0. The van der Waals surface area contributed by atoms with Gasteiger partial charge in [0.1, 0.15) is 13.2 Å². The number of carbonyl (C=O) groups is 3. The molecule has 0 aromatic carbocycles. The van der Waals surface area contributed by atoms with Crippen molar-refractivity contribution in [3.63, 3.8) is 0 Å². The number of allylic oxidation sites excluding steroid dienone is 12. The molecular weight excluding hydrogens is 841 g/mol. The molecule has 0 aliphatic carbocycles. The molecule has 0 aromatic rings. The predicted molar refractivity (Wildman–Crippen MR) is 293 cm³/mol. The van der Waals surface area contributed by atoms with E-state index in [4.69, 9.17) is 14.2 Å². The Morgan fingerprint density at radius 3 is 0.897 bits per heavy atom. The molecule has 0 heterocycles. The van der Waals surface area contributed by atoms with Gasteiger partial charge < -0.3 is 14.2 Å². The highest BCUT2D eigenvalue weighted by atomic mass is 16.6. The molecule has 0 radical (unpaired) electrons. The van der Waals surface area contributed by atoms with Gasteiger partial charge in [0.15, 0.2) is 6.10 Å². The van der Waals surface area contributed by atoms with Crippen molar-refractivity contribution in [1.29, 1.82) is 0 Å². The molecule has 392 valence electrons. The third-order valence-electron chi connectivity index (χ3n) is 12.5. The Morgan fingerprint density at radius 2 is 0.574 bits per heavy atom. The van der Waals surface area contributed by atoms with E-state index in [-0.39, 0.29) is 37.5 Å². The molecule has 0 saturated heterocycles. The van der Waals surface area contributed by atoms with Gasteiger partial charge in [-0.1, -0.05) is 267 Å². The van der Waals surface area contributed by atoms with Crippen molar-refractivity contribution in [2.45, 2.75) is 290 Å². The molecule has 0 amide bonds. The minimum absolute atomic E-state index is 0.0905. The molecule has 6 nitrogen and oxygen atoms in total. The first-order chi connectivity index (χ1) is 33.5. The van der Waals surface area contributed by atoms with Crippen LogP contribution in [0.1, 0.15) is 284 Å². The summed E-state index contributed by atoms with van der Waals surface area (Å²) in [6.45, 7) is 6.45. The fourth-order valence-electron chi connectivity index (χ4n) is 8.15. The van der Waals surface area contributed by atoms with Crippen LogP contribution in [0.15, 0.2) is 72.9 Å². The van der Waals surface area contributed by atoms with Crippen molar-refractivity contribution < 1.29 is 28.6 Å². The quantitative estimate of drug-likeness (QED) is 0.0262. The van der Waals surface area contributed by atoms with E-state index in [2.05, 4.69) is 93.7 Å². The number of ether oxygens (including phenoxy) is 3. The van der Waals surface area contributed by atoms with Crippen LogP contribution < -0.4 is 0 Å². The van der Waals surface area contributed by atoms with Gasteiger partial charge in [0.25, 0.3) is 0 Å². The van der Waals surface area contributed by atoms with Crippen LogP contribution in [-0.4, -0.2) is 37.2 Å². The van der Waals surface area contributed by atoms with E-state index in [9.17, 15) is 14.4 Å². The maximum absolute atomic E-state index is 12.8. The molecule has 0 aromatic heterocycles. The van der Waals surface area contributed by atoms with Crippen LogP contribution in [0.25, 0.3) is 0 Å². The van der Waals surface area contributed by atoms with Crippen LogP contribution in [-0.2, 0) is 28.6 Å². The van der Waals surface area contributed by atoms with Crippen molar-refractivity contribution in [3.8, 4) is 0 Å². The average molecular weight is 950 g/mol. The number of carbonyl (C=O) groups excluding carboxylic acids is 3. The molecule has 68 heavy (non-hydrogen) atoms. The first-order valence-electron chi connectivity index (χ1n) is 28.9. The fraction of sp³-hybridized carbons (Fsp3) is 0.758. The van der Waals surface area contributed by atoms with Gasteiger partial charge in [0.05, 0.1) is 0 Å². The van der Waals surface area contributed by atoms with Crippen LogP contribution in [0.2, 0.25) is 0 Å². The summed E-state index contributed by atoms with van der Waals surface area (Å²) in [4.78, 5) is 37.9. The van der Waals surface area contributed by atoms with Crippen LogP contribution >= 0.6 is 0 Å². The summed E-state index contributed by atoms with van der Waals surface area (Å²) in [6, 6.07) is 0. The highest BCUT2D eigenvalue weighted by molar-refractivity contribution is 5.71. The first-order valence-corrected chi connectivity index (χ1v) is 28.9. The number of unbranched alkanes of at least 4 members (excludes halogenated alkanes) is 29. The lowest BCUT2D eigenvalue weighted by atomic mass is 10.0. The first kappa shape index (κ1) is 64.8. The van der Waals surface area contributed by atoms with E-state index in [1.165, 1.54) is 148 Å². The lowest BCUT2D eigenvalue weighted by Gasteiger charge is -2.18. The molecule has 0 N–H and O–H groups in total. The monoisotopic (exact) mass is 949 g/mol. The van der Waals surface area contributed by atoms with Gasteiger partial charge in [-0.3, -0.25) is 14.4 Å². The van der Waals surface area contributed by atoms with E-state index < -0.39 is 6.10 Å². The van der Waals surface area contributed by atoms with Crippen LogP contribution in [0, 0.1) is 0 Å². The Balaban J connectivity index is 4.19. The van der Waals surface area contributed by atoms with Crippen LogP contribution in [0.3, 0.4) is 0 Å². The fourth-order valence-corrected chi connectivity index (χ4v) is 8.15. The van der Waals surface area contributed by atoms with Gasteiger partial charge in [0, 0.05) is 19.3 Å². The highest BCUT2D eigenvalue weighted by Gasteiger charge is 2.19. The molecule has 0 rings (SSSR count). The maximum atomic E-state index is 12.8. The standard InChI is InChI=1S/C62H108O6/c1-4-7-10-13-16-18-20-22-24-26-28-30-31-33-34-36-38-40-42-44-46-49-52-55-61(64)67-58-59(57-66-60(63)54-51-48-15-12-9-6-3)68-62(65)56-53-50-47-45-43-41-39-37-35-32-29-27-25-23-21-19-17-14-11-8-5-2/h8,11,17,19,23,25,29,32,37,39,43,45,59H,4-7,9-10,12-16,18,20-22,24,26-28,30-31,33-36,38,40-42,44,46-58H2,1-3H3/b11-8-,19-17-,25-23-,32-29-,39-37-,45-43-. The average Bonchev–Trinajstić information content (AvgIpc) is 3.34. The Bertz CT molecular complexity index is 1270. The minimum atomic E-state index is -0.794. The third-order valence-corrected chi connectivity index (χ3v) is 12.5. The van der Waals surface area contributed by atoms with Gasteiger partial charge in [-0.15, -0.1) is 0 Å².